The van der Waals surface area contributed by atoms with E-state index in [9.17, 15) is 9.59 Å². The summed E-state index contributed by atoms with van der Waals surface area (Å²) in [5, 5.41) is 2.74. The molecule has 1 saturated heterocycles. The van der Waals surface area contributed by atoms with Crippen LogP contribution in [0.2, 0.25) is 0 Å². The number of nitrogens with zero attached hydrogens (tertiary/aromatic N) is 3. The molecule has 0 radical (unpaired) electrons. The summed E-state index contributed by atoms with van der Waals surface area (Å²) in [6, 6.07) is 7.08. The van der Waals surface area contributed by atoms with Gasteiger partial charge in [-0.15, -0.1) is 0 Å². The van der Waals surface area contributed by atoms with E-state index < -0.39 is 6.04 Å². The second-order valence-electron chi connectivity index (χ2n) is 6.40. The minimum atomic E-state index is -0.533. The third kappa shape index (κ3) is 4.47. The molecule has 1 N–H and O–H groups in total. The average Bonchev–Trinajstić information content (AvgIpc) is 2.61. The molecule has 24 heavy (non-hydrogen) atoms. The molecule has 6 heteroatoms. The third-order valence-corrected chi connectivity index (χ3v) is 4.47. The van der Waals surface area contributed by atoms with Gasteiger partial charge in [-0.25, -0.2) is 0 Å². The van der Waals surface area contributed by atoms with E-state index in [1.165, 1.54) is 4.90 Å². The summed E-state index contributed by atoms with van der Waals surface area (Å²) in [6.45, 7) is 9.14. The number of hydrogen-bond acceptors (Lipinski definition) is 4. The van der Waals surface area contributed by atoms with Crippen molar-refractivity contribution in [1.82, 2.24) is 15.1 Å². The summed E-state index contributed by atoms with van der Waals surface area (Å²) in [5.41, 5.74) is 1.71. The minimum Gasteiger partial charge on any atom is -0.369 e. The zero-order chi connectivity index (χ0) is 17.7. The van der Waals surface area contributed by atoms with Crippen LogP contribution in [0, 0.1) is 0 Å². The van der Waals surface area contributed by atoms with Crippen molar-refractivity contribution in [2.24, 2.45) is 0 Å². The largest absolute Gasteiger partial charge is 0.369 e. The van der Waals surface area contributed by atoms with Gasteiger partial charge in [-0.05, 0) is 37.7 Å². The Labute approximate surface area is 144 Å². The zero-order valence-corrected chi connectivity index (χ0v) is 15.1. The second-order valence-corrected chi connectivity index (χ2v) is 6.40. The summed E-state index contributed by atoms with van der Waals surface area (Å²) >= 11 is 0. The molecule has 2 rings (SSSR count). The molecule has 0 aromatic heterocycles. The lowest BCUT2D eigenvalue weighted by Gasteiger charge is -2.35. The topological polar surface area (TPSA) is 55.9 Å². The van der Waals surface area contributed by atoms with E-state index in [-0.39, 0.29) is 11.8 Å². The Morgan fingerprint density at radius 1 is 1.12 bits per heavy atom. The molecule has 0 unspecified atom stereocenters. The van der Waals surface area contributed by atoms with E-state index in [1.54, 1.807) is 21.0 Å². The van der Waals surface area contributed by atoms with Crippen LogP contribution < -0.4 is 10.2 Å². The number of nitrogens with one attached hydrogen (secondary N) is 1. The van der Waals surface area contributed by atoms with Crippen molar-refractivity contribution in [3.63, 3.8) is 0 Å². The number of rotatable bonds is 5. The number of anilines is 1. The molecule has 1 aliphatic heterocycles. The van der Waals surface area contributed by atoms with Gasteiger partial charge in [-0.2, -0.15) is 0 Å². The highest BCUT2D eigenvalue weighted by Crippen LogP contribution is 2.17. The molecule has 132 valence electrons. The predicted molar refractivity (Wildman–Crippen MR) is 96.4 cm³/mol. The summed E-state index contributed by atoms with van der Waals surface area (Å²) in [6.07, 6.45) is 0. The Hall–Kier alpha value is -2.08. The third-order valence-electron chi connectivity index (χ3n) is 4.47. The van der Waals surface area contributed by atoms with Gasteiger partial charge in [0.05, 0.1) is 0 Å². The fraction of sp³-hybridized carbons (Fsp3) is 0.556. The van der Waals surface area contributed by atoms with Crippen molar-refractivity contribution >= 4 is 17.5 Å². The maximum Gasteiger partial charge on any atom is 0.251 e. The molecule has 0 spiro atoms. The molecule has 0 saturated carbocycles. The molecule has 1 aromatic carbocycles. The van der Waals surface area contributed by atoms with E-state index >= 15 is 0 Å². The van der Waals surface area contributed by atoms with Gasteiger partial charge in [0, 0.05) is 51.5 Å². The highest BCUT2D eigenvalue weighted by Gasteiger charge is 2.19. The molecule has 1 fully saturated rings. The van der Waals surface area contributed by atoms with Gasteiger partial charge < -0.3 is 20.0 Å². The van der Waals surface area contributed by atoms with Gasteiger partial charge in [0.2, 0.25) is 5.91 Å². The van der Waals surface area contributed by atoms with E-state index in [0.717, 1.165) is 38.4 Å². The van der Waals surface area contributed by atoms with Crippen molar-refractivity contribution in [3.05, 3.63) is 29.8 Å². The van der Waals surface area contributed by atoms with Crippen LogP contribution in [0.1, 0.15) is 24.2 Å². The lowest BCUT2D eigenvalue weighted by molar-refractivity contribution is -0.130. The first-order valence-electron chi connectivity index (χ1n) is 8.51. The van der Waals surface area contributed by atoms with Crippen LogP contribution in [0.3, 0.4) is 0 Å². The van der Waals surface area contributed by atoms with Crippen LogP contribution in [0.5, 0.6) is 0 Å². The average molecular weight is 332 g/mol. The standard InChI is InChI=1S/C18H28N4O2/c1-5-21-10-12-22(13-11-21)16-8-6-15(7-9-16)17(23)19-14(2)18(24)20(3)4/h6-9,14H,5,10-13H2,1-4H3,(H,19,23)/t14-/m0/s1. The molecule has 1 heterocycles. The molecule has 6 nitrogen and oxygen atoms in total. The van der Waals surface area contributed by atoms with Crippen molar-refractivity contribution < 1.29 is 9.59 Å². The maximum absolute atomic E-state index is 12.2. The highest BCUT2D eigenvalue weighted by atomic mass is 16.2. The summed E-state index contributed by atoms with van der Waals surface area (Å²) in [4.78, 5) is 30.3. The molecule has 1 aromatic rings. The molecule has 1 aliphatic rings. The van der Waals surface area contributed by atoms with Crippen LogP contribution in [0.25, 0.3) is 0 Å². The molecule has 2 amide bonds. The zero-order valence-electron chi connectivity index (χ0n) is 15.1. The number of carbonyl (C=O) groups excluding carboxylic acids is 2. The molecule has 0 bridgehead atoms. The first kappa shape index (κ1) is 18.3. The lowest BCUT2D eigenvalue weighted by Crippen LogP contribution is -2.46. The summed E-state index contributed by atoms with van der Waals surface area (Å²) < 4.78 is 0. The second kappa shape index (κ2) is 8.15. The SMILES string of the molecule is CCN1CCN(c2ccc(C(=O)N[C@@H](C)C(=O)N(C)C)cc2)CC1. The Balaban J connectivity index is 1.94. The van der Waals surface area contributed by atoms with Gasteiger partial charge in [0.25, 0.3) is 5.91 Å². The van der Waals surface area contributed by atoms with Crippen LogP contribution in [-0.4, -0.2) is 74.5 Å². The summed E-state index contributed by atoms with van der Waals surface area (Å²) in [5.74, 6) is -0.339. The van der Waals surface area contributed by atoms with Crippen LogP contribution in [-0.2, 0) is 4.79 Å². The van der Waals surface area contributed by atoms with Gasteiger partial charge in [-0.1, -0.05) is 6.92 Å². The summed E-state index contributed by atoms with van der Waals surface area (Å²) in [7, 11) is 3.36. The highest BCUT2D eigenvalue weighted by molar-refractivity contribution is 5.97. The van der Waals surface area contributed by atoms with Crippen molar-refractivity contribution in [1.29, 1.82) is 0 Å². The number of likely N-dealkylation sites (N-methyl/N-ethyl adjacent to an activating group) is 2. The Morgan fingerprint density at radius 3 is 2.21 bits per heavy atom. The molecular weight excluding hydrogens is 304 g/mol. The van der Waals surface area contributed by atoms with E-state index in [1.807, 2.05) is 24.3 Å². The number of piperazine rings is 1. The number of amides is 2. The van der Waals surface area contributed by atoms with Crippen molar-refractivity contribution in [2.45, 2.75) is 19.9 Å². The van der Waals surface area contributed by atoms with E-state index in [4.69, 9.17) is 0 Å². The normalized spacial score (nSPS) is 16.6. The molecule has 1 atom stereocenters. The smallest absolute Gasteiger partial charge is 0.251 e. The Kier molecular flexibility index (Phi) is 6.20. The Bertz CT molecular complexity index is 563. The first-order valence-corrected chi connectivity index (χ1v) is 8.51. The Morgan fingerprint density at radius 2 is 1.71 bits per heavy atom. The van der Waals surface area contributed by atoms with E-state index in [2.05, 4.69) is 22.0 Å². The van der Waals surface area contributed by atoms with Crippen LogP contribution >= 0.6 is 0 Å². The fourth-order valence-electron chi connectivity index (χ4n) is 2.87. The van der Waals surface area contributed by atoms with E-state index in [0.29, 0.717) is 5.56 Å². The van der Waals surface area contributed by atoms with Crippen molar-refractivity contribution in [3.8, 4) is 0 Å². The van der Waals surface area contributed by atoms with Gasteiger partial charge in [-0.3, -0.25) is 9.59 Å². The fourth-order valence-corrected chi connectivity index (χ4v) is 2.87. The van der Waals surface area contributed by atoms with Crippen LogP contribution in [0.15, 0.2) is 24.3 Å². The van der Waals surface area contributed by atoms with Gasteiger partial charge in [0.15, 0.2) is 0 Å². The quantitative estimate of drug-likeness (QED) is 0.875. The monoisotopic (exact) mass is 332 g/mol. The first-order chi connectivity index (χ1) is 11.4. The number of hydrogen-bond donors (Lipinski definition) is 1. The van der Waals surface area contributed by atoms with Gasteiger partial charge >= 0.3 is 0 Å². The molecular formula is C18H28N4O2. The number of benzene rings is 1. The van der Waals surface area contributed by atoms with Crippen molar-refractivity contribution in [2.75, 3.05) is 51.7 Å². The predicted octanol–water partition coefficient (Wildman–Crippen LogP) is 1.04. The maximum atomic E-state index is 12.2. The minimum absolute atomic E-state index is 0.117. The van der Waals surface area contributed by atoms with Crippen LogP contribution in [0.4, 0.5) is 5.69 Å². The molecule has 0 aliphatic carbocycles. The van der Waals surface area contributed by atoms with Gasteiger partial charge in [0.1, 0.15) is 6.04 Å². The lowest BCUT2D eigenvalue weighted by atomic mass is 10.1. The number of carbonyl (C=O) groups is 2.